The molecule has 0 rings (SSSR count). The zero-order valence-electron chi connectivity index (χ0n) is 10.6. The van der Waals surface area contributed by atoms with E-state index in [4.69, 9.17) is 0 Å². The number of carbonyl (C=O) groups is 1. The van der Waals surface area contributed by atoms with Crippen molar-refractivity contribution >= 4 is 5.97 Å². The van der Waals surface area contributed by atoms with Crippen molar-refractivity contribution in [2.75, 3.05) is 26.7 Å². The molecule has 0 aromatic rings. The Kier molecular flexibility index (Phi) is 8.38. The number of carbonyl (C=O) groups excluding carboxylic acids is 1. The largest absolute Gasteiger partial charge is 0.468 e. The predicted molar refractivity (Wildman–Crippen MR) is 62.8 cm³/mol. The van der Waals surface area contributed by atoms with Crippen LogP contribution in [-0.4, -0.2) is 37.6 Å². The molecule has 0 atom stereocenters. The molecule has 15 heavy (non-hydrogen) atoms. The van der Waals surface area contributed by atoms with E-state index in [0.717, 1.165) is 31.8 Å². The average molecular weight is 215 g/mol. The molecule has 0 aromatic heterocycles. The Hall–Kier alpha value is -0.570. The molecular formula is C12H25NO2. The second-order valence-corrected chi connectivity index (χ2v) is 4.39. The highest BCUT2D eigenvalue weighted by molar-refractivity contribution is 5.71. The number of ether oxygens (including phenoxy) is 1. The fraction of sp³-hybridized carbons (Fsp3) is 0.917. The summed E-state index contributed by atoms with van der Waals surface area (Å²) in [5, 5.41) is 0. The SMILES string of the molecule is CCCN(CCCC(C)C)CC(=O)OC. The van der Waals surface area contributed by atoms with Gasteiger partial charge in [-0.2, -0.15) is 0 Å². The molecule has 0 aliphatic rings. The van der Waals surface area contributed by atoms with Gasteiger partial charge in [0.1, 0.15) is 0 Å². The molecular weight excluding hydrogens is 190 g/mol. The van der Waals surface area contributed by atoms with Crippen molar-refractivity contribution in [3.05, 3.63) is 0 Å². The summed E-state index contributed by atoms with van der Waals surface area (Å²) < 4.78 is 4.67. The topological polar surface area (TPSA) is 29.5 Å². The van der Waals surface area contributed by atoms with E-state index in [2.05, 4.69) is 30.4 Å². The van der Waals surface area contributed by atoms with Crippen molar-refractivity contribution in [1.82, 2.24) is 4.90 Å². The lowest BCUT2D eigenvalue weighted by Gasteiger charge is -2.20. The fourth-order valence-electron chi connectivity index (χ4n) is 1.56. The van der Waals surface area contributed by atoms with Crippen molar-refractivity contribution in [2.24, 2.45) is 5.92 Å². The summed E-state index contributed by atoms with van der Waals surface area (Å²) in [6.45, 7) is 9.00. The highest BCUT2D eigenvalue weighted by Crippen LogP contribution is 2.05. The van der Waals surface area contributed by atoms with Gasteiger partial charge in [-0.25, -0.2) is 0 Å². The van der Waals surface area contributed by atoms with Gasteiger partial charge in [-0.1, -0.05) is 20.8 Å². The minimum atomic E-state index is -0.131. The molecule has 0 aliphatic heterocycles. The van der Waals surface area contributed by atoms with Crippen molar-refractivity contribution < 1.29 is 9.53 Å². The Bertz CT molecular complexity index is 169. The molecule has 0 aromatic carbocycles. The second kappa shape index (κ2) is 8.72. The third kappa shape index (κ3) is 8.43. The zero-order valence-corrected chi connectivity index (χ0v) is 10.6. The van der Waals surface area contributed by atoms with E-state index in [9.17, 15) is 4.79 Å². The smallest absolute Gasteiger partial charge is 0.319 e. The van der Waals surface area contributed by atoms with E-state index in [0.29, 0.717) is 6.54 Å². The van der Waals surface area contributed by atoms with Crippen LogP contribution in [0.1, 0.15) is 40.0 Å². The lowest BCUT2D eigenvalue weighted by Crippen LogP contribution is -2.32. The summed E-state index contributed by atoms with van der Waals surface area (Å²) in [6.07, 6.45) is 3.47. The van der Waals surface area contributed by atoms with Gasteiger partial charge < -0.3 is 4.74 Å². The number of rotatable bonds is 8. The Morgan fingerprint density at radius 2 is 2.00 bits per heavy atom. The molecule has 0 spiro atoms. The molecule has 0 saturated heterocycles. The Morgan fingerprint density at radius 1 is 1.33 bits per heavy atom. The summed E-state index contributed by atoms with van der Waals surface area (Å²) in [7, 11) is 1.45. The Balaban J connectivity index is 3.77. The van der Waals surface area contributed by atoms with Crippen molar-refractivity contribution in [1.29, 1.82) is 0 Å². The van der Waals surface area contributed by atoms with E-state index in [1.54, 1.807) is 0 Å². The highest BCUT2D eigenvalue weighted by atomic mass is 16.5. The van der Waals surface area contributed by atoms with E-state index >= 15 is 0 Å². The average Bonchev–Trinajstić information content (AvgIpc) is 2.17. The van der Waals surface area contributed by atoms with Crippen molar-refractivity contribution in [2.45, 2.75) is 40.0 Å². The molecule has 0 aliphatic carbocycles. The van der Waals surface area contributed by atoms with Crippen molar-refractivity contribution in [3.63, 3.8) is 0 Å². The van der Waals surface area contributed by atoms with E-state index < -0.39 is 0 Å². The van der Waals surface area contributed by atoms with Gasteiger partial charge in [0.25, 0.3) is 0 Å². The van der Waals surface area contributed by atoms with Crippen LogP contribution in [0.3, 0.4) is 0 Å². The van der Waals surface area contributed by atoms with Crippen LogP contribution >= 0.6 is 0 Å². The number of hydrogen-bond acceptors (Lipinski definition) is 3. The van der Waals surface area contributed by atoms with Crippen LogP contribution in [0.4, 0.5) is 0 Å². The number of methoxy groups -OCH3 is 1. The van der Waals surface area contributed by atoms with Gasteiger partial charge in [-0.05, 0) is 38.3 Å². The van der Waals surface area contributed by atoms with E-state index in [1.807, 2.05) is 0 Å². The summed E-state index contributed by atoms with van der Waals surface area (Å²) >= 11 is 0. The second-order valence-electron chi connectivity index (χ2n) is 4.39. The van der Waals surface area contributed by atoms with Gasteiger partial charge in [-0.15, -0.1) is 0 Å². The molecule has 90 valence electrons. The Labute approximate surface area is 93.8 Å². The standard InChI is InChI=1S/C12H25NO2/c1-5-8-13(10-12(14)15-4)9-6-7-11(2)3/h11H,5-10H2,1-4H3. The maximum Gasteiger partial charge on any atom is 0.319 e. The van der Waals surface area contributed by atoms with Gasteiger partial charge in [0, 0.05) is 0 Å². The first-order chi connectivity index (χ1) is 7.10. The quantitative estimate of drug-likeness (QED) is 0.582. The third-order valence-electron chi connectivity index (χ3n) is 2.38. The van der Waals surface area contributed by atoms with Crippen LogP contribution in [-0.2, 0) is 9.53 Å². The van der Waals surface area contributed by atoms with Crippen LogP contribution in [0.25, 0.3) is 0 Å². The molecule has 0 N–H and O–H groups in total. The maximum absolute atomic E-state index is 11.1. The molecule has 0 amide bonds. The van der Waals surface area contributed by atoms with Gasteiger partial charge in [0.15, 0.2) is 0 Å². The monoisotopic (exact) mass is 215 g/mol. The maximum atomic E-state index is 11.1. The van der Waals surface area contributed by atoms with Crippen LogP contribution in [0, 0.1) is 5.92 Å². The van der Waals surface area contributed by atoms with E-state index in [1.165, 1.54) is 13.5 Å². The number of esters is 1. The molecule has 0 fully saturated rings. The first-order valence-corrected chi connectivity index (χ1v) is 5.89. The van der Waals surface area contributed by atoms with Crippen LogP contribution in [0.2, 0.25) is 0 Å². The summed E-state index contributed by atoms with van der Waals surface area (Å²) in [4.78, 5) is 13.3. The van der Waals surface area contributed by atoms with Gasteiger partial charge in [-0.3, -0.25) is 9.69 Å². The van der Waals surface area contributed by atoms with Crippen molar-refractivity contribution in [3.8, 4) is 0 Å². The minimum absolute atomic E-state index is 0.131. The van der Waals surface area contributed by atoms with Gasteiger partial charge in [0.2, 0.25) is 0 Å². The molecule has 0 radical (unpaired) electrons. The molecule has 0 bridgehead atoms. The number of nitrogens with zero attached hydrogens (tertiary/aromatic N) is 1. The van der Waals surface area contributed by atoms with Gasteiger partial charge >= 0.3 is 5.97 Å². The lowest BCUT2D eigenvalue weighted by molar-refractivity contribution is -0.141. The van der Waals surface area contributed by atoms with Crippen LogP contribution in [0.5, 0.6) is 0 Å². The zero-order chi connectivity index (χ0) is 11.7. The molecule has 3 nitrogen and oxygen atoms in total. The molecule has 0 saturated carbocycles. The first kappa shape index (κ1) is 14.4. The summed E-state index contributed by atoms with van der Waals surface area (Å²) in [5.74, 6) is 0.611. The molecule has 3 heteroatoms. The summed E-state index contributed by atoms with van der Waals surface area (Å²) in [6, 6.07) is 0. The third-order valence-corrected chi connectivity index (χ3v) is 2.38. The van der Waals surface area contributed by atoms with Crippen LogP contribution < -0.4 is 0 Å². The van der Waals surface area contributed by atoms with Gasteiger partial charge in [0.05, 0.1) is 13.7 Å². The van der Waals surface area contributed by atoms with E-state index in [-0.39, 0.29) is 5.97 Å². The first-order valence-electron chi connectivity index (χ1n) is 5.89. The molecule has 0 unspecified atom stereocenters. The predicted octanol–water partition coefficient (Wildman–Crippen LogP) is 2.31. The lowest BCUT2D eigenvalue weighted by atomic mass is 10.1. The minimum Gasteiger partial charge on any atom is -0.468 e. The normalized spacial score (nSPS) is 11.1. The Morgan fingerprint density at radius 3 is 2.47 bits per heavy atom. The van der Waals surface area contributed by atoms with Crippen LogP contribution in [0.15, 0.2) is 0 Å². The number of hydrogen-bond donors (Lipinski definition) is 0. The highest BCUT2D eigenvalue weighted by Gasteiger charge is 2.09. The summed E-state index contributed by atoms with van der Waals surface area (Å²) in [5.41, 5.74) is 0. The fourth-order valence-corrected chi connectivity index (χ4v) is 1.56. The molecule has 0 heterocycles.